The largest absolute Gasteiger partial charge is 0.491 e. The van der Waals surface area contributed by atoms with Crippen molar-refractivity contribution in [3.63, 3.8) is 0 Å². The lowest BCUT2D eigenvalue weighted by Crippen LogP contribution is -2.41. The third-order valence-electron chi connectivity index (χ3n) is 4.66. The highest BCUT2D eigenvalue weighted by molar-refractivity contribution is 6.55. The first-order valence-corrected chi connectivity index (χ1v) is 7.84. The summed E-state index contributed by atoms with van der Waals surface area (Å²) in [5, 5.41) is 3.08. The Balaban J connectivity index is 2.38. The van der Waals surface area contributed by atoms with E-state index in [0.717, 1.165) is 11.0 Å². The summed E-state index contributed by atoms with van der Waals surface area (Å²) in [6, 6.07) is 3.09. The number of benzene rings is 1. The van der Waals surface area contributed by atoms with Crippen LogP contribution in [-0.2, 0) is 9.31 Å². The van der Waals surface area contributed by atoms with Gasteiger partial charge in [-0.1, -0.05) is 6.08 Å². The quantitative estimate of drug-likeness (QED) is 0.661. The van der Waals surface area contributed by atoms with Crippen LogP contribution in [0.5, 0.6) is 0 Å². The Hall–Kier alpha value is -1.37. The lowest BCUT2D eigenvalue weighted by atomic mass is 9.77. The second-order valence-electron chi connectivity index (χ2n) is 7.07. The molecule has 1 aromatic carbocycles. The molecule has 0 spiro atoms. The zero-order valence-electron chi connectivity index (χ0n) is 14.8. The Kier molecular flexibility index (Phi) is 4.90. The third kappa shape index (κ3) is 3.60. The molecule has 1 fully saturated rings. The van der Waals surface area contributed by atoms with E-state index in [2.05, 4.69) is 5.32 Å². The number of nitrogens with one attached hydrogen (secondary N) is 1. The van der Waals surface area contributed by atoms with Crippen LogP contribution < -0.4 is 11.1 Å². The minimum Gasteiger partial charge on any atom is -0.400 e. The Morgan fingerprint density at radius 1 is 1.26 bits per heavy atom. The molecule has 0 atom stereocenters. The average Bonchev–Trinajstić information content (AvgIpc) is 2.64. The van der Waals surface area contributed by atoms with Crippen LogP contribution in [0.3, 0.4) is 0 Å². The molecule has 1 aliphatic rings. The predicted octanol–water partition coefficient (Wildman–Crippen LogP) is 2.95. The van der Waals surface area contributed by atoms with Crippen molar-refractivity contribution in [1.82, 2.24) is 5.32 Å². The van der Waals surface area contributed by atoms with Crippen molar-refractivity contribution >= 4 is 18.9 Å². The van der Waals surface area contributed by atoms with Gasteiger partial charge < -0.3 is 20.4 Å². The first-order valence-electron chi connectivity index (χ1n) is 7.84. The number of anilines is 1. The maximum atomic E-state index is 14.2. The first-order chi connectivity index (χ1) is 10.6. The zero-order valence-corrected chi connectivity index (χ0v) is 14.8. The van der Waals surface area contributed by atoms with Crippen LogP contribution in [0, 0.1) is 12.7 Å². The number of hydrogen-bond donors (Lipinski definition) is 2. The van der Waals surface area contributed by atoms with Crippen LogP contribution in [0.15, 0.2) is 17.6 Å². The van der Waals surface area contributed by atoms with Crippen LogP contribution in [0.4, 0.5) is 10.1 Å². The molecule has 1 aliphatic heterocycles. The summed E-state index contributed by atoms with van der Waals surface area (Å²) in [6.45, 7) is 10.3. The predicted molar refractivity (Wildman–Crippen MR) is 93.5 cm³/mol. The van der Waals surface area contributed by atoms with Gasteiger partial charge >= 0.3 is 7.12 Å². The number of nitrogen functional groups attached to an aromatic ring is 1. The Morgan fingerprint density at radius 3 is 2.35 bits per heavy atom. The van der Waals surface area contributed by atoms with Gasteiger partial charge in [0, 0.05) is 17.8 Å². The Morgan fingerprint density at radius 2 is 1.83 bits per heavy atom. The molecule has 4 nitrogen and oxygen atoms in total. The summed E-state index contributed by atoms with van der Waals surface area (Å²) in [4.78, 5) is 0. The van der Waals surface area contributed by atoms with Crippen molar-refractivity contribution in [2.75, 3.05) is 19.3 Å². The maximum absolute atomic E-state index is 14.2. The molecule has 0 radical (unpaired) electrons. The summed E-state index contributed by atoms with van der Waals surface area (Å²) in [5.74, 6) is -0.304. The van der Waals surface area contributed by atoms with E-state index in [4.69, 9.17) is 15.0 Å². The highest BCUT2D eigenvalue weighted by atomic mass is 19.1. The van der Waals surface area contributed by atoms with Gasteiger partial charge in [0.05, 0.1) is 11.2 Å². The van der Waals surface area contributed by atoms with Gasteiger partial charge in [-0.15, -0.1) is 0 Å². The monoisotopic (exact) mass is 320 g/mol. The number of hydrogen-bond acceptors (Lipinski definition) is 4. The molecule has 3 N–H and O–H groups in total. The molecule has 1 aromatic rings. The van der Waals surface area contributed by atoms with Crippen LogP contribution >= 0.6 is 0 Å². The van der Waals surface area contributed by atoms with Gasteiger partial charge in [-0.2, -0.15) is 0 Å². The lowest BCUT2D eigenvalue weighted by molar-refractivity contribution is 0.00578. The normalized spacial score (nSPS) is 20.1. The summed E-state index contributed by atoms with van der Waals surface area (Å²) in [7, 11) is 1.31. The van der Waals surface area contributed by atoms with Crippen molar-refractivity contribution < 1.29 is 13.7 Å². The van der Waals surface area contributed by atoms with Crippen molar-refractivity contribution in [2.45, 2.75) is 45.8 Å². The van der Waals surface area contributed by atoms with Gasteiger partial charge in [-0.3, -0.25) is 0 Å². The number of nitrogens with two attached hydrogens (primary N) is 1. The summed E-state index contributed by atoms with van der Waals surface area (Å²) in [6.07, 6.45) is 1.75. The molecule has 0 aromatic heterocycles. The van der Waals surface area contributed by atoms with Gasteiger partial charge in [0.1, 0.15) is 5.82 Å². The fraction of sp³-hybridized carbons (Fsp3) is 0.529. The van der Waals surface area contributed by atoms with E-state index in [1.54, 1.807) is 19.1 Å². The van der Waals surface area contributed by atoms with E-state index in [9.17, 15) is 4.39 Å². The molecule has 2 rings (SSSR count). The zero-order chi connectivity index (χ0) is 17.4. The Bertz CT molecular complexity index is 613. The number of likely N-dealkylation sites (N-methyl/N-ethyl adjacent to an activating group) is 1. The van der Waals surface area contributed by atoms with Gasteiger partial charge in [-0.05, 0) is 64.8 Å². The van der Waals surface area contributed by atoms with Crippen molar-refractivity contribution in [3.05, 3.63) is 34.5 Å². The first kappa shape index (κ1) is 18.0. The smallest absolute Gasteiger partial charge is 0.400 e. The van der Waals surface area contributed by atoms with Crippen molar-refractivity contribution in [2.24, 2.45) is 0 Å². The number of rotatable bonds is 4. The highest BCUT2D eigenvalue weighted by Gasteiger charge is 2.52. The highest BCUT2D eigenvalue weighted by Crippen LogP contribution is 2.38. The van der Waals surface area contributed by atoms with E-state index in [1.165, 1.54) is 6.07 Å². The fourth-order valence-electron chi connectivity index (χ4n) is 2.42. The maximum Gasteiger partial charge on any atom is 0.491 e. The topological polar surface area (TPSA) is 56.5 Å². The minimum absolute atomic E-state index is 0.304. The molecule has 6 heteroatoms. The summed E-state index contributed by atoms with van der Waals surface area (Å²) >= 11 is 0. The average molecular weight is 320 g/mol. The molecule has 23 heavy (non-hydrogen) atoms. The number of halogens is 1. The van der Waals surface area contributed by atoms with Crippen LogP contribution in [0.2, 0.25) is 0 Å². The molecular weight excluding hydrogens is 294 g/mol. The number of aryl methyl sites for hydroxylation is 1. The molecule has 0 bridgehead atoms. The van der Waals surface area contributed by atoms with E-state index in [1.807, 2.05) is 34.7 Å². The molecule has 0 amide bonds. The molecule has 0 saturated carbocycles. The van der Waals surface area contributed by atoms with Crippen molar-refractivity contribution in [1.29, 1.82) is 0 Å². The third-order valence-corrected chi connectivity index (χ3v) is 4.66. The van der Waals surface area contributed by atoms with Crippen molar-refractivity contribution in [3.8, 4) is 0 Å². The SMILES string of the molecule is CNCC(=Cc1cc(N)c(C)cc1F)B1OC(C)(C)C(C)(C)O1. The molecule has 0 aliphatic carbocycles. The van der Waals surface area contributed by atoms with Gasteiger partial charge in [0.15, 0.2) is 0 Å². The summed E-state index contributed by atoms with van der Waals surface area (Å²) < 4.78 is 26.3. The summed E-state index contributed by atoms with van der Waals surface area (Å²) in [5.41, 5.74) is 7.59. The van der Waals surface area contributed by atoms with E-state index in [-0.39, 0.29) is 5.82 Å². The molecular formula is C17H26BFN2O2. The van der Waals surface area contributed by atoms with Crippen LogP contribution in [0.25, 0.3) is 6.08 Å². The van der Waals surface area contributed by atoms with Crippen LogP contribution in [-0.4, -0.2) is 31.9 Å². The van der Waals surface area contributed by atoms with E-state index in [0.29, 0.717) is 17.8 Å². The molecule has 1 saturated heterocycles. The van der Waals surface area contributed by atoms with Gasteiger partial charge in [-0.25, -0.2) is 4.39 Å². The molecule has 0 unspecified atom stereocenters. The molecule has 126 valence electrons. The minimum atomic E-state index is -0.519. The van der Waals surface area contributed by atoms with E-state index < -0.39 is 18.3 Å². The Labute approximate surface area is 138 Å². The van der Waals surface area contributed by atoms with Gasteiger partial charge in [0.2, 0.25) is 0 Å². The second kappa shape index (κ2) is 6.26. The fourth-order valence-corrected chi connectivity index (χ4v) is 2.42. The van der Waals surface area contributed by atoms with Gasteiger partial charge in [0.25, 0.3) is 0 Å². The van der Waals surface area contributed by atoms with E-state index >= 15 is 0 Å². The lowest BCUT2D eigenvalue weighted by Gasteiger charge is -2.32. The standard InChI is InChI=1S/C17H26BFN2O2/c1-11-7-14(19)12(9-15(11)20)8-13(10-21-6)18-22-16(2,3)17(4,5)23-18/h7-9,21H,10,20H2,1-6H3. The second-order valence-corrected chi connectivity index (χ2v) is 7.07. The molecule has 1 heterocycles. The van der Waals surface area contributed by atoms with Crippen LogP contribution in [0.1, 0.15) is 38.8 Å².